The molecule has 0 unspecified atom stereocenters. The molecular formula is C13H19N5O3. The molecule has 2 aromatic rings. The molecular weight excluding hydrogens is 274 g/mol. The van der Waals surface area contributed by atoms with Crippen molar-refractivity contribution in [3.05, 3.63) is 11.8 Å². The molecule has 0 aromatic carbocycles. The van der Waals surface area contributed by atoms with Crippen molar-refractivity contribution in [2.45, 2.75) is 33.7 Å². The number of aryl methyl sites for hydroxylation is 1. The molecule has 1 N–H and O–H groups in total. The number of amides is 1. The van der Waals surface area contributed by atoms with Gasteiger partial charge < -0.3 is 9.15 Å². The quantitative estimate of drug-likeness (QED) is 0.872. The Bertz CT molecular complexity index is 617. The molecule has 0 spiro atoms. The first-order chi connectivity index (χ1) is 10.0. The van der Waals surface area contributed by atoms with Gasteiger partial charge in [-0.15, -0.1) is 5.10 Å². The first kappa shape index (κ1) is 15.2. The van der Waals surface area contributed by atoms with Crippen molar-refractivity contribution in [1.82, 2.24) is 20.0 Å². The van der Waals surface area contributed by atoms with Crippen LogP contribution >= 0.6 is 0 Å². The van der Waals surface area contributed by atoms with E-state index >= 15 is 0 Å². The normalized spacial score (nSPS) is 11.1. The molecule has 0 fully saturated rings. The van der Waals surface area contributed by atoms with Crippen LogP contribution in [0.4, 0.5) is 6.01 Å². The molecule has 0 atom stereocenters. The summed E-state index contributed by atoms with van der Waals surface area (Å²) in [5.74, 6) is -0.0693. The molecule has 0 aliphatic rings. The minimum atomic E-state index is -0.337. The highest BCUT2D eigenvalue weighted by Gasteiger charge is 2.15. The summed E-state index contributed by atoms with van der Waals surface area (Å²) in [6, 6.07) is 2.14. The summed E-state index contributed by atoms with van der Waals surface area (Å²) in [6.45, 7) is 8.26. The molecule has 114 valence electrons. The van der Waals surface area contributed by atoms with E-state index in [1.165, 1.54) is 0 Å². The van der Waals surface area contributed by atoms with Gasteiger partial charge in [-0.3, -0.25) is 14.8 Å². The average molecular weight is 293 g/mol. The summed E-state index contributed by atoms with van der Waals surface area (Å²) in [6.07, 6.45) is 0. The highest BCUT2D eigenvalue weighted by Crippen LogP contribution is 2.21. The van der Waals surface area contributed by atoms with Crippen LogP contribution in [-0.4, -0.2) is 39.1 Å². The van der Waals surface area contributed by atoms with E-state index in [0.717, 1.165) is 5.69 Å². The Kier molecular flexibility index (Phi) is 4.69. The Morgan fingerprint density at radius 2 is 2.24 bits per heavy atom. The van der Waals surface area contributed by atoms with Crippen molar-refractivity contribution in [2.75, 3.05) is 18.5 Å². The summed E-state index contributed by atoms with van der Waals surface area (Å²) in [4.78, 5) is 11.5. The zero-order valence-corrected chi connectivity index (χ0v) is 12.6. The number of rotatable bonds is 6. The van der Waals surface area contributed by atoms with Gasteiger partial charge in [-0.2, -0.15) is 5.10 Å². The van der Waals surface area contributed by atoms with Crippen molar-refractivity contribution in [1.29, 1.82) is 0 Å². The van der Waals surface area contributed by atoms with E-state index in [-0.39, 0.29) is 30.5 Å². The summed E-state index contributed by atoms with van der Waals surface area (Å²) >= 11 is 0. The third-order valence-corrected chi connectivity index (χ3v) is 2.74. The van der Waals surface area contributed by atoms with E-state index in [1.807, 2.05) is 38.4 Å². The standard InChI is InChI=1S/C13H19N5O3/c1-5-20-7-11(19)14-13-16-15-12(21-13)10-6-9(4)18(17-10)8(2)3/h6,8H,5,7H2,1-4H3,(H,14,16,19). The van der Waals surface area contributed by atoms with Gasteiger partial charge in [0.2, 0.25) is 0 Å². The van der Waals surface area contributed by atoms with Crippen LogP contribution in [-0.2, 0) is 9.53 Å². The van der Waals surface area contributed by atoms with Gasteiger partial charge in [0.05, 0.1) is 0 Å². The monoisotopic (exact) mass is 293 g/mol. The number of anilines is 1. The maximum Gasteiger partial charge on any atom is 0.322 e. The number of hydrogen-bond acceptors (Lipinski definition) is 6. The highest BCUT2D eigenvalue weighted by molar-refractivity contribution is 5.89. The summed E-state index contributed by atoms with van der Waals surface area (Å²) in [5.41, 5.74) is 1.58. The van der Waals surface area contributed by atoms with Gasteiger partial charge in [0.1, 0.15) is 12.3 Å². The molecule has 0 saturated carbocycles. The zero-order chi connectivity index (χ0) is 15.4. The Balaban J connectivity index is 2.09. The molecule has 2 aromatic heterocycles. The Morgan fingerprint density at radius 1 is 1.48 bits per heavy atom. The summed E-state index contributed by atoms with van der Waals surface area (Å²) in [5, 5.41) is 14.5. The van der Waals surface area contributed by atoms with Crippen molar-refractivity contribution < 1.29 is 13.9 Å². The number of carbonyl (C=O) groups is 1. The van der Waals surface area contributed by atoms with Crippen LogP contribution in [0.1, 0.15) is 32.5 Å². The Morgan fingerprint density at radius 3 is 2.86 bits per heavy atom. The lowest BCUT2D eigenvalue weighted by atomic mass is 10.3. The van der Waals surface area contributed by atoms with Crippen LogP contribution in [0.25, 0.3) is 11.6 Å². The van der Waals surface area contributed by atoms with Crippen molar-refractivity contribution in [3.63, 3.8) is 0 Å². The van der Waals surface area contributed by atoms with Crippen LogP contribution in [0, 0.1) is 6.92 Å². The fraction of sp³-hybridized carbons (Fsp3) is 0.538. The van der Waals surface area contributed by atoms with Crippen molar-refractivity contribution >= 4 is 11.9 Å². The average Bonchev–Trinajstić information content (AvgIpc) is 3.03. The first-order valence-electron chi connectivity index (χ1n) is 6.79. The van der Waals surface area contributed by atoms with E-state index in [1.54, 1.807) is 0 Å². The predicted octanol–water partition coefficient (Wildman–Crippen LogP) is 1.80. The fourth-order valence-electron chi connectivity index (χ4n) is 1.84. The Labute approximate surface area is 122 Å². The molecule has 0 aliphatic carbocycles. The molecule has 0 saturated heterocycles. The second-order valence-corrected chi connectivity index (χ2v) is 4.81. The number of nitrogens with one attached hydrogen (secondary N) is 1. The van der Waals surface area contributed by atoms with E-state index in [9.17, 15) is 4.79 Å². The van der Waals surface area contributed by atoms with Crippen molar-refractivity contribution in [3.8, 4) is 11.6 Å². The maximum atomic E-state index is 11.5. The van der Waals surface area contributed by atoms with Gasteiger partial charge >= 0.3 is 6.01 Å². The van der Waals surface area contributed by atoms with Gasteiger partial charge in [-0.25, -0.2) is 0 Å². The second kappa shape index (κ2) is 6.49. The number of carbonyl (C=O) groups excluding carboxylic acids is 1. The predicted molar refractivity (Wildman–Crippen MR) is 75.8 cm³/mol. The smallest absolute Gasteiger partial charge is 0.322 e. The van der Waals surface area contributed by atoms with Gasteiger partial charge in [0.25, 0.3) is 11.8 Å². The van der Waals surface area contributed by atoms with Crippen molar-refractivity contribution in [2.24, 2.45) is 0 Å². The molecule has 2 rings (SSSR count). The number of ether oxygens (including phenoxy) is 1. The molecule has 8 heteroatoms. The van der Waals surface area contributed by atoms with Gasteiger partial charge in [-0.05, 0) is 33.8 Å². The van der Waals surface area contributed by atoms with E-state index < -0.39 is 0 Å². The van der Waals surface area contributed by atoms with Gasteiger partial charge in [-0.1, -0.05) is 5.10 Å². The van der Waals surface area contributed by atoms with Crippen LogP contribution in [0.15, 0.2) is 10.5 Å². The lowest BCUT2D eigenvalue weighted by molar-refractivity contribution is -0.120. The molecule has 8 nitrogen and oxygen atoms in total. The zero-order valence-electron chi connectivity index (χ0n) is 12.6. The lowest BCUT2D eigenvalue weighted by Gasteiger charge is -2.06. The lowest BCUT2D eigenvalue weighted by Crippen LogP contribution is -2.18. The van der Waals surface area contributed by atoms with E-state index in [0.29, 0.717) is 12.3 Å². The molecule has 21 heavy (non-hydrogen) atoms. The third-order valence-electron chi connectivity index (χ3n) is 2.74. The fourth-order valence-corrected chi connectivity index (χ4v) is 1.84. The topological polar surface area (TPSA) is 95.1 Å². The number of nitrogens with zero attached hydrogens (tertiary/aromatic N) is 4. The SMILES string of the molecule is CCOCC(=O)Nc1nnc(-c2cc(C)n(C(C)C)n2)o1. The summed E-state index contributed by atoms with van der Waals surface area (Å²) < 4.78 is 12.2. The van der Waals surface area contributed by atoms with Gasteiger partial charge in [0.15, 0.2) is 0 Å². The van der Waals surface area contributed by atoms with Crippen LogP contribution in [0.3, 0.4) is 0 Å². The molecule has 1 amide bonds. The number of hydrogen-bond donors (Lipinski definition) is 1. The minimum Gasteiger partial charge on any atom is -0.401 e. The largest absolute Gasteiger partial charge is 0.401 e. The summed E-state index contributed by atoms with van der Waals surface area (Å²) in [7, 11) is 0. The number of aromatic nitrogens is 4. The van der Waals surface area contributed by atoms with Crippen LogP contribution < -0.4 is 5.32 Å². The highest BCUT2D eigenvalue weighted by atomic mass is 16.5. The van der Waals surface area contributed by atoms with E-state index in [2.05, 4.69) is 20.6 Å². The van der Waals surface area contributed by atoms with Crippen LogP contribution in [0.5, 0.6) is 0 Å². The Hall–Kier alpha value is -2.22. The third kappa shape index (κ3) is 3.66. The van der Waals surface area contributed by atoms with Gasteiger partial charge in [0, 0.05) is 18.3 Å². The second-order valence-electron chi connectivity index (χ2n) is 4.81. The molecule has 0 radical (unpaired) electrons. The molecule has 0 aliphatic heterocycles. The van der Waals surface area contributed by atoms with Crippen LogP contribution in [0.2, 0.25) is 0 Å². The molecule has 0 bridgehead atoms. The maximum absolute atomic E-state index is 11.5. The first-order valence-corrected chi connectivity index (χ1v) is 6.79. The minimum absolute atomic E-state index is 0.0338. The molecule has 2 heterocycles. The van der Waals surface area contributed by atoms with E-state index in [4.69, 9.17) is 9.15 Å².